The Morgan fingerprint density at radius 1 is 1.26 bits per heavy atom. The van der Waals surface area contributed by atoms with Gasteiger partial charge >= 0.3 is 0 Å². The zero-order valence-corrected chi connectivity index (χ0v) is 11.6. The first-order valence-electron chi connectivity index (χ1n) is 6.53. The van der Waals surface area contributed by atoms with Gasteiger partial charge in [-0.1, -0.05) is 6.07 Å². The number of nitrogens with zero attached hydrogens (tertiary/aromatic N) is 1. The molecule has 0 bridgehead atoms. The van der Waals surface area contributed by atoms with Gasteiger partial charge in [-0.15, -0.1) is 11.3 Å². The number of likely N-dealkylation sites (tertiary alicyclic amines) is 1. The van der Waals surface area contributed by atoms with E-state index in [0.717, 1.165) is 30.8 Å². The third-order valence-corrected chi connectivity index (χ3v) is 3.94. The Hall–Kier alpha value is -1.62. The first kappa shape index (κ1) is 13.8. The fourth-order valence-corrected chi connectivity index (χ4v) is 2.66. The van der Waals surface area contributed by atoms with Crippen molar-refractivity contribution >= 4 is 23.2 Å². The Morgan fingerprint density at radius 3 is 2.74 bits per heavy atom. The highest BCUT2D eigenvalue weighted by molar-refractivity contribution is 7.09. The predicted molar refractivity (Wildman–Crippen MR) is 75.7 cm³/mol. The number of nitrogens with one attached hydrogen (secondary N) is 1. The maximum Gasteiger partial charge on any atom is 0.246 e. The molecule has 1 N–H and O–H groups in total. The van der Waals surface area contributed by atoms with E-state index < -0.39 is 0 Å². The molecule has 0 spiro atoms. The number of carbonyl (C=O) groups is 2. The lowest BCUT2D eigenvalue weighted by molar-refractivity contribution is -0.127. The van der Waals surface area contributed by atoms with Crippen LogP contribution in [0.1, 0.15) is 24.1 Å². The second-order valence-electron chi connectivity index (χ2n) is 4.52. The zero-order valence-electron chi connectivity index (χ0n) is 10.8. The fraction of sp³-hybridized carbons (Fsp3) is 0.429. The Kier molecular flexibility index (Phi) is 5.15. The summed E-state index contributed by atoms with van der Waals surface area (Å²) in [5, 5.41) is 4.73. The highest BCUT2D eigenvalue weighted by Crippen LogP contribution is 2.09. The quantitative estimate of drug-likeness (QED) is 0.856. The van der Waals surface area contributed by atoms with Crippen molar-refractivity contribution in [2.24, 2.45) is 0 Å². The van der Waals surface area contributed by atoms with Gasteiger partial charge in [0.05, 0.1) is 6.54 Å². The lowest BCUT2D eigenvalue weighted by Gasteiger charge is -2.25. The molecule has 0 atom stereocenters. The molecule has 1 aliphatic heterocycles. The second-order valence-corrected chi connectivity index (χ2v) is 5.55. The number of piperidine rings is 1. The largest absolute Gasteiger partial charge is 0.348 e. The summed E-state index contributed by atoms with van der Waals surface area (Å²) in [4.78, 5) is 26.3. The van der Waals surface area contributed by atoms with Crippen molar-refractivity contribution in [3.05, 3.63) is 34.5 Å². The van der Waals surface area contributed by atoms with Crippen molar-refractivity contribution in [2.75, 3.05) is 13.1 Å². The molecule has 2 rings (SSSR count). The molecule has 1 aromatic rings. The molecular weight excluding hydrogens is 260 g/mol. The molecule has 0 aromatic carbocycles. The van der Waals surface area contributed by atoms with E-state index in [1.54, 1.807) is 16.2 Å². The number of hydrogen-bond donors (Lipinski definition) is 1. The van der Waals surface area contributed by atoms with Crippen molar-refractivity contribution in [1.82, 2.24) is 10.2 Å². The third-order valence-electron chi connectivity index (χ3n) is 3.06. The Labute approximate surface area is 117 Å². The Morgan fingerprint density at radius 2 is 2.05 bits per heavy atom. The molecule has 1 aromatic heterocycles. The van der Waals surface area contributed by atoms with Gasteiger partial charge in [0, 0.05) is 30.1 Å². The van der Waals surface area contributed by atoms with Crippen LogP contribution in [-0.4, -0.2) is 29.8 Å². The van der Waals surface area contributed by atoms with Crippen LogP contribution in [0.5, 0.6) is 0 Å². The topological polar surface area (TPSA) is 49.4 Å². The molecule has 0 radical (unpaired) electrons. The van der Waals surface area contributed by atoms with E-state index in [1.807, 2.05) is 17.5 Å². The van der Waals surface area contributed by atoms with Crippen LogP contribution in [0.15, 0.2) is 29.7 Å². The van der Waals surface area contributed by atoms with E-state index in [-0.39, 0.29) is 11.8 Å². The highest BCUT2D eigenvalue weighted by atomic mass is 32.1. The zero-order chi connectivity index (χ0) is 13.5. The first-order valence-corrected chi connectivity index (χ1v) is 7.41. The summed E-state index contributed by atoms with van der Waals surface area (Å²) < 4.78 is 0. The minimum absolute atomic E-state index is 0.0639. The van der Waals surface area contributed by atoms with E-state index in [4.69, 9.17) is 0 Å². The molecule has 102 valence electrons. The lowest BCUT2D eigenvalue weighted by atomic mass is 10.1. The number of amides is 2. The molecule has 0 saturated carbocycles. The number of rotatable bonds is 4. The van der Waals surface area contributed by atoms with E-state index in [9.17, 15) is 9.59 Å². The third kappa shape index (κ3) is 4.52. The highest BCUT2D eigenvalue weighted by Gasteiger charge is 2.13. The molecule has 19 heavy (non-hydrogen) atoms. The van der Waals surface area contributed by atoms with Crippen molar-refractivity contribution < 1.29 is 9.59 Å². The van der Waals surface area contributed by atoms with Crippen molar-refractivity contribution in [2.45, 2.75) is 25.8 Å². The van der Waals surface area contributed by atoms with Crippen LogP contribution < -0.4 is 5.32 Å². The van der Waals surface area contributed by atoms with Crippen LogP contribution in [-0.2, 0) is 16.1 Å². The van der Waals surface area contributed by atoms with Gasteiger partial charge in [0.25, 0.3) is 0 Å². The van der Waals surface area contributed by atoms with Gasteiger partial charge in [-0.2, -0.15) is 0 Å². The molecule has 1 saturated heterocycles. The molecular formula is C14H18N2O2S. The van der Waals surface area contributed by atoms with Crippen molar-refractivity contribution in [1.29, 1.82) is 0 Å². The molecule has 1 aliphatic rings. The van der Waals surface area contributed by atoms with Crippen LogP contribution in [0.4, 0.5) is 0 Å². The summed E-state index contributed by atoms with van der Waals surface area (Å²) in [5.41, 5.74) is 0. The average Bonchev–Trinajstić information content (AvgIpc) is 2.96. The molecule has 4 nitrogen and oxygen atoms in total. The minimum Gasteiger partial charge on any atom is -0.348 e. The van der Waals surface area contributed by atoms with E-state index >= 15 is 0 Å². The normalized spacial score (nSPS) is 15.7. The van der Waals surface area contributed by atoms with Crippen molar-refractivity contribution in [3.8, 4) is 0 Å². The maximum absolute atomic E-state index is 11.8. The van der Waals surface area contributed by atoms with Gasteiger partial charge in [-0.3, -0.25) is 9.59 Å². The monoisotopic (exact) mass is 278 g/mol. The van der Waals surface area contributed by atoms with Gasteiger partial charge in [0.2, 0.25) is 11.8 Å². The summed E-state index contributed by atoms with van der Waals surface area (Å²) >= 11 is 1.60. The van der Waals surface area contributed by atoms with E-state index in [1.165, 1.54) is 18.6 Å². The Bertz CT molecular complexity index is 448. The van der Waals surface area contributed by atoms with Crippen LogP contribution in [0, 0.1) is 0 Å². The predicted octanol–water partition coefficient (Wildman–Crippen LogP) is 1.93. The average molecular weight is 278 g/mol. The number of thiophene rings is 1. The summed E-state index contributed by atoms with van der Waals surface area (Å²) in [7, 11) is 0. The molecule has 1 fully saturated rings. The van der Waals surface area contributed by atoms with Gasteiger partial charge in [-0.25, -0.2) is 0 Å². The molecule has 2 heterocycles. The minimum atomic E-state index is -0.223. The molecule has 0 aliphatic carbocycles. The molecule has 2 amide bonds. The van der Waals surface area contributed by atoms with Crippen LogP contribution in [0.2, 0.25) is 0 Å². The smallest absolute Gasteiger partial charge is 0.246 e. The first-order chi connectivity index (χ1) is 9.25. The number of carbonyl (C=O) groups excluding carboxylic acids is 2. The standard InChI is InChI=1S/C14H18N2O2S/c17-13(15-11-12-5-4-10-19-12)6-7-14(18)16-8-2-1-3-9-16/h4-7,10H,1-3,8-9,11H2,(H,15,17)/b7-6-. The summed E-state index contributed by atoms with van der Waals surface area (Å²) in [5.74, 6) is -0.287. The van der Waals surface area contributed by atoms with Gasteiger partial charge in [0.1, 0.15) is 0 Å². The Balaban J connectivity index is 1.74. The lowest BCUT2D eigenvalue weighted by Crippen LogP contribution is -2.34. The SMILES string of the molecule is O=C(/C=C\C(=O)N1CCCCC1)NCc1cccs1. The molecule has 0 unspecified atom stereocenters. The van der Waals surface area contributed by atoms with Gasteiger partial charge in [0.15, 0.2) is 0 Å². The summed E-state index contributed by atoms with van der Waals surface area (Å²) in [6.07, 6.45) is 6.00. The van der Waals surface area contributed by atoms with Gasteiger partial charge < -0.3 is 10.2 Å². The second kappa shape index (κ2) is 7.09. The fourth-order valence-electron chi connectivity index (χ4n) is 2.01. The van der Waals surface area contributed by atoms with E-state index in [0.29, 0.717) is 6.54 Å². The van der Waals surface area contributed by atoms with Crippen LogP contribution in [0.25, 0.3) is 0 Å². The maximum atomic E-state index is 11.8. The van der Waals surface area contributed by atoms with E-state index in [2.05, 4.69) is 5.32 Å². The summed E-state index contributed by atoms with van der Waals surface area (Å²) in [6.45, 7) is 2.12. The van der Waals surface area contributed by atoms with Crippen molar-refractivity contribution in [3.63, 3.8) is 0 Å². The van der Waals surface area contributed by atoms with Crippen LogP contribution in [0.3, 0.4) is 0 Å². The summed E-state index contributed by atoms with van der Waals surface area (Å²) in [6, 6.07) is 3.91. The number of hydrogen-bond acceptors (Lipinski definition) is 3. The van der Waals surface area contributed by atoms with Gasteiger partial charge in [-0.05, 0) is 30.7 Å². The molecule has 5 heteroatoms. The van der Waals surface area contributed by atoms with Crippen LogP contribution >= 0.6 is 11.3 Å².